The van der Waals surface area contributed by atoms with Crippen LogP contribution >= 0.6 is 0 Å². The molecule has 4 rings (SSSR count). The van der Waals surface area contributed by atoms with Gasteiger partial charge in [0.2, 0.25) is 5.91 Å². The first-order chi connectivity index (χ1) is 16.0. The molecule has 0 unspecified atom stereocenters. The summed E-state index contributed by atoms with van der Waals surface area (Å²) in [6.45, 7) is -0.0960. The minimum absolute atomic E-state index is 0.164. The van der Waals surface area contributed by atoms with E-state index in [2.05, 4.69) is 20.4 Å². The van der Waals surface area contributed by atoms with E-state index in [-0.39, 0.29) is 18.9 Å². The second-order valence-electron chi connectivity index (χ2n) is 7.12. The predicted molar refractivity (Wildman–Crippen MR) is 120 cm³/mol. The number of halogens is 1. The van der Waals surface area contributed by atoms with E-state index in [9.17, 15) is 14.0 Å². The lowest BCUT2D eigenvalue weighted by molar-refractivity contribution is -0.122. The largest absolute Gasteiger partial charge is 0.497 e. The summed E-state index contributed by atoms with van der Waals surface area (Å²) in [5.41, 5.74) is 2.89. The molecule has 0 aliphatic heterocycles. The van der Waals surface area contributed by atoms with E-state index in [0.29, 0.717) is 22.6 Å². The zero-order valence-corrected chi connectivity index (χ0v) is 17.7. The van der Waals surface area contributed by atoms with Gasteiger partial charge in [0.05, 0.1) is 30.7 Å². The van der Waals surface area contributed by atoms with Crippen LogP contribution in [-0.4, -0.2) is 32.8 Å². The third-order valence-electron chi connectivity index (χ3n) is 4.88. The highest BCUT2D eigenvalue weighted by Gasteiger charge is 2.09. The Kier molecular flexibility index (Phi) is 6.49. The van der Waals surface area contributed by atoms with Crippen LogP contribution in [0.3, 0.4) is 0 Å². The molecule has 9 heteroatoms. The van der Waals surface area contributed by atoms with Gasteiger partial charge in [-0.15, -0.1) is 0 Å². The number of benzene rings is 2. The van der Waals surface area contributed by atoms with Gasteiger partial charge in [-0.05, 0) is 60.7 Å². The number of ether oxygens (including phenoxy) is 1. The van der Waals surface area contributed by atoms with E-state index >= 15 is 0 Å². The van der Waals surface area contributed by atoms with Gasteiger partial charge in [0, 0.05) is 17.2 Å². The normalized spacial score (nSPS) is 10.6. The summed E-state index contributed by atoms with van der Waals surface area (Å²) >= 11 is 0. The maximum absolute atomic E-state index is 13.2. The van der Waals surface area contributed by atoms with Gasteiger partial charge >= 0.3 is 0 Å². The summed E-state index contributed by atoms with van der Waals surface area (Å²) in [6, 6.07) is 17.8. The van der Waals surface area contributed by atoms with Gasteiger partial charge in [-0.1, -0.05) is 0 Å². The fourth-order valence-electron chi connectivity index (χ4n) is 3.13. The summed E-state index contributed by atoms with van der Waals surface area (Å²) < 4.78 is 19.4. The lowest BCUT2D eigenvalue weighted by atomic mass is 10.1. The molecule has 166 valence electrons. The van der Waals surface area contributed by atoms with Crippen LogP contribution in [0, 0.1) is 5.82 Å². The van der Waals surface area contributed by atoms with Crippen molar-refractivity contribution in [3.8, 4) is 28.3 Å². The van der Waals surface area contributed by atoms with Crippen molar-refractivity contribution in [1.29, 1.82) is 0 Å². The fraction of sp³-hybridized carbons (Fsp3) is 0.125. The van der Waals surface area contributed by atoms with Crippen molar-refractivity contribution < 1.29 is 13.9 Å². The Morgan fingerprint density at radius 2 is 1.67 bits per heavy atom. The molecule has 0 radical (unpaired) electrons. The monoisotopic (exact) mass is 445 g/mol. The van der Waals surface area contributed by atoms with Crippen LogP contribution < -0.4 is 15.6 Å². The SMILES string of the molecule is COc1ccc(-c2cc(CNC(=O)Cn3nc(-c4ccc(F)cc4)ccc3=O)ncn2)cc1. The lowest BCUT2D eigenvalue weighted by Crippen LogP contribution is -2.33. The van der Waals surface area contributed by atoms with Crippen LogP contribution in [0.5, 0.6) is 5.75 Å². The Hall–Kier alpha value is -4.40. The number of hydrogen-bond acceptors (Lipinski definition) is 6. The lowest BCUT2D eigenvalue weighted by Gasteiger charge is -2.09. The zero-order valence-electron chi connectivity index (χ0n) is 17.7. The van der Waals surface area contributed by atoms with Crippen LogP contribution in [0.25, 0.3) is 22.5 Å². The number of rotatable bonds is 7. The van der Waals surface area contributed by atoms with Crippen molar-refractivity contribution in [2.45, 2.75) is 13.1 Å². The molecule has 0 aliphatic carbocycles. The van der Waals surface area contributed by atoms with E-state index in [4.69, 9.17) is 4.74 Å². The van der Waals surface area contributed by atoms with Gasteiger partial charge in [-0.3, -0.25) is 9.59 Å². The molecular formula is C24H20FN5O3. The molecule has 0 spiro atoms. The van der Waals surface area contributed by atoms with Crippen molar-refractivity contribution in [3.05, 3.63) is 94.9 Å². The number of amides is 1. The Morgan fingerprint density at radius 1 is 0.970 bits per heavy atom. The number of carbonyl (C=O) groups is 1. The molecule has 2 aromatic carbocycles. The van der Waals surface area contributed by atoms with Crippen molar-refractivity contribution in [1.82, 2.24) is 25.1 Å². The summed E-state index contributed by atoms with van der Waals surface area (Å²) in [4.78, 5) is 33.0. The van der Waals surface area contributed by atoms with Crippen molar-refractivity contribution in [2.24, 2.45) is 0 Å². The Morgan fingerprint density at radius 3 is 2.39 bits per heavy atom. The summed E-state index contributed by atoms with van der Waals surface area (Å²) in [5, 5.41) is 6.96. The molecule has 8 nitrogen and oxygen atoms in total. The van der Waals surface area contributed by atoms with Crippen LogP contribution in [0.15, 0.2) is 77.9 Å². The van der Waals surface area contributed by atoms with Crippen molar-refractivity contribution >= 4 is 5.91 Å². The molecule has 33 heavy (non-hydrogen) atoms. The van der Waals surface area contributed by atoms with E-state index in [0.717, 1.165) is 16.0 Å². The van der Waals surface area contributed by atoms with Crippen molar-refractivity contribution in [2.75, 3.05) is 7.11 Å². The molecule has 2 heterocycles. The Labute approximate surface area is 188 Å². The number of carbonyl (C=O) groups excluding carboxylic acids is 1. The van der Waals surface area contributed by atoms with Gasteiger partial charge in [-0.25, -0.2) is 19.0 Å². The third-order valence-corrected chi connectivity index (χ3v) is 4.88. The standard InChI is InChI=1S/C24H20FN5O3/c1-33-20-8-4-17(5-9-20)22-12-19(27-15-28-22)13-26-23(31)14-30-24(32)11-10-21(29-30)16-2-6-18(25)7-3-16/h2-12,15H,13-14H2,1H3,(H,26,31). The first-order valence-electron chi connectivity index (χ1n) is 10.1. The minimum atomic E-state index is -0.417. The number of nitrogens with one attached hydrogen (secondary N) is 1. The molecule has 0 aliphatic rings. The van der Waals surface area contributed by atoms with Crippen LogP contribution in [0.2, 0.25) is 0 Å². The predicted octanol–water partition coefficient (Wildman–Crippen LogP) is 2.83. The van der Waals surface area contributed by atoms with E-state index in [1.54, 1.807) is 25.3 Å². The maximum atomic E-state index is 13.2. The highest BCUT2D eigenvalue weighted by atomic mass is 19.1. The van der Waals surface area contributed by atoms with Gasteiger partial charge in [0.15, 0.2) is 0 Å². The number of aromatic nitrogens is 4. The number of methoxy groups -OCH3 is 1. The molecule has 0 saturated heterocycles. The second-order valence-corrected chi connectivity index (χ2v) is 7.12. The summed E-state index contributed by atoms with van der Waals surface area (Å²) in [6.07, 6.45) is 1.43. The second kappa shape index (κ2) is 9.82. The molecule has 1 N–H and O–H groups in total. The van der Waals surface area contributed by atoms with Crippen LogP contribution in [-0.2, 0) is 17.9 Å². The molecule has 1 amide bonds. The zero-order chi connectivity index (χ0) is 23.2. The minimum Gasteiger partial charge on any atom is -0.497 e. The number of nitrogens with zero attached hydrogens (tertiary/aromatic N) is 4. The van der Waals surface area contributed by atoms with Gasteiger partial charge < -0.3 is 10.1 Å². The quantitative estimate of drug-likeness (QED) is 0.470. The number of hydrogen-bond donors (Lipinski definition) is 1. The summed E-state index contributed by atoms with van der Waals surface area (Å²) in [5.74, 6) is -0.0237. The van der Waals surface area contributed by atoms with Gasteiger partial charge in [0.25, 0.3) is 5.56 Å². The summed E-state index contributed by atoms with van der Waals surface area (Å²) in [7, 11) is 1.60. The van der Waals surface area contributed by atoms with Crippen LogP contribution in [0.1, 0.15) is 5.69 Å². The van der Waals surface area contributed by atoms with E-state index in [1.165, 1.54) is 30.6 Å². The van der Waals surface area contributed by atoms with Gasteiger partial charge in [-0.2, -0.15) is 5.10 Å². The average molecular weight is 445 g/mol. The highest BCUT2D eigenvalue weighted by molar-refractivity contribution is 5.75. The third kappa shape index (κ3) is 5.45. The van der Waals surface area contributed by atoms with E-state index < -0.39 is 11.5 Å². The Bertz CT molecular complexity index is 1320. The smallest absolute Gasteiger partial charge is 0.267 e. The average Bonchev–Trinajstić information content (AvgIpc) is 2.85. The Balaban J connectivity index is 1.42. The van der Waals surface area contributed by atoms with Crippen molar-refractivity contribution in [3.63, 3.8) is 0 Å². The first-order valence-corrected chi connectivity index (χ1v) is 10.1. The first kappa shape index (κ1) is 21.8. The van der Waals surface area contributed by atoms with Gasteiger partial charge in [0.1, 0.15) is 24.4 Å². The van der Waals surface area contributed by atoms with E-state index in [1.807, 2.05) is 24.3 Å². The molecule has 0 saturated carbocycles. The molecule has 4 aromatic rings. The topological polar surface area (TPSA) is 99.0 Å². The highest BCUT2D eigenvalue weighted by Crippen LogP contribution is 2.20. The van der Waals surface area contributed by atoms with Crippen LogP contribution in [0.4, 0.5) is 4.39 Å². The molecule has 2 aromatic heterocycles. The fourth-order valence-corrected chi connectivity index (χ4v) is 3.13. The molecular weight excluding hydrogens is 425 g/mol. The maximum Gasteiger partial charge on any atom is 0.267 e. The molecule has 0 fully saturated rings. The molecule has 0 atom stereocenters. The molecule has 0 bridgehead atoms.